The molecule has 0 atom stereocenters. The lowest BCUT2D eigenvalue weighted by Gasteiger charge is -2.34. The van der Waals surface area contributed by atoms with E-state index in [4.69, 9.17) is 0 Å². The minimum atomic E-state index is 0.836. The fraction of sp³-hybridized carbons (Fsp3) is 1.00. The first kappa shape index (κ1) is 9.47. The van der Waals surface area contributed by atoms with Gasteiger partial charge in [0.05, 0.1) is 0 Å². The van der Waals surface area contributed by atoms with E-state index < -0.39 is 0 Å². The Balaban J connectivity index is 1.48. The summed E-state index contributed by atoms with van der Waals surface area (Å²) in [5, 5.41) is 3.62. The van der Waals surface area contributed by atoms with Gasteiger partial charge in [0.15, 0.2) is 0 Å². The van der Waals surface area contributed by atoms with Crippen molar-refractivity contribution in [3.8, 4) is 0 Å². The average molecular weight is 182 g/mol. The zero-order valence-corrected chi connectivity index (χ0v) is 8.92. The van der Waals surface area contributed by atoms with Crippen LogP contribution < -0.4 is 5.32 Å². The van der Waals surface area contributed by atoms with Crippen LogP contribution in [0.5, 0.6) is 0 Å². The van der Waals surface area contributed by atoms with Crippen LogP contribution in [0.1, 0.15) is 32.6 Å². The summed E-state index contributed by atoms with van der Waals surface area (Å²) in [4.78, 5) is 2.50. The van der Waals surface area contributed by atoms with E-state index in [-0.39, 0.29) is 0 Å². The normalized spacial score (nSPS) is 33.5. The lowest BCUT2D eigenvalue weighted by molar-refractivity contribution is 0.228. The Hall–Kier alpha value is -0.0800. The number of hydrogen-bond donors (Lipinski definition) is 1. The molecule has 2 heteroatoms. The molecule has 0 saturated heterocycles. The van der Waals surface area contributed by atoms with E-state index in [1.807, 2.05) is 0 Å². The second kappa shape index (κ2) is 3.97. The molecule has 0 bridgehead atoms. The van der Waals surface area contributed by atoms with E-state index in [1.54, 1.807) is 0 Å². The summed E-state index contributed by atoms with van der Waals surface area (Å²) in [5.74, 6) is 0.971. The van der Waals surface area contributed by atoms with E-state index in [1.165, 1.54) is 38.8 Å². The van der Waals surface area contributed by atoms with E-state index >= 15 is 0 Å². The minimum Gasteiger partial charge on any atom is -0.313 e. The van der Waals surface area contributed by atoms with Crippen molar-refractivity contribution in [2.75, 3.05) is 20.1 Å². The molecule has 2 rings (SSSR count). The van der Waals surface area contributed by atoms with Crippen LogP contribution in [0.15, 0.2) is 0 Å². The van der Waals surface area contributed by atoms with Gasteiger partial charge in [-0.2, -0.15) is 0 Å². The Labute approximate surface area is 81.7 Å². The summed E-state index contributed by atoms with van der Waals surface area (Å²) < 4.78 is 0. The Bertz CT molecular complexity index is 159. The Morgan fingerprint density at radius 3 is 2.54 bits per heavy atom. The maximum Gasteiger partial charge on any atom is 0.0107 e. The summed E-state index contributed by atoms with van der Waals surface area (Å²) in [6.07, 6.45) is 5.65. The first-order valence-electron chi connectivity index (χ1n) is 5.69. The largest absolute Gasteiger partial charge is 0.313 e. The van der Waals surface area contributed by atoms with E-state index in [0.29, 0.717) is 0 Å². The second-order valence-electron chi connectivity index (χ2n) is 4.94. The van der Waals surface area contributed by atoms with E-state index in [9.17, 15) is 0 Å². The van der Waals surface area contributed by atoms with Gasteiger partial charge < -0.3 is 10.2 Å². The molecular weight excluding hydrogens is 160 g/mol. The van der Waals surface area contributed by atoms with Crippen LogP contribution in [0.3, 0.4) is 0 Å². The fourth-order valence-corrected chi connectivity index (χ4v) is 2.21. The molecule has 2 fully saturated rings. The lowest BCUT2D eigenvalue weighted by atomic mass is 9.82. The second-order valence-corrected chi connectivity index (χ2v) is 4.94. The van der Waals surface area contributed by atoms with Crippen LogP contribution in [0, 0.1) is 5.92 Å². The first-order chi connectivity index (χ1) is 6.25. The highest BCUT2D eigenvalue weighted by Gasteiger charge is 2.27. The molecule has 1 N–H and O–H groups in total. The molecular formula is C11H22N2. The van der Waals surface area contributed by atoms with Gasteiger partial charge in [0.25, 0.3) is 0 Å². The molecule has 0 unspecified atom stereocenters. The predicted molar refractivity (Wildman–Crippen MR) is 55.8 cm³/mol. The predicted octanol–water partition coefficient (Wildman–Crippen LogP) is 1.47. The van der Waals surface area contributed by atoms with Gasteiger partial charge in [-0.3, -0.25) is 0 Å². The van der Waals surface area contributed by atoms with Crippen LogP contribution in [-0.2, 0) is 0 Å². The van der Waals surface area contributed by atoms with Gasteiger partial charge >= 0.3 is 0 Å². The Kier molecular flexibility index (Phi) is 2.89. The highest BCUT2D eigenvalue weighted by molar-refractivity contribution is 4.85. The zero-order chi connectivity index (χ0) is 9.26. The smallest absolute Gasteiger partial charge is 0.0107 e. The fourth-order valence-electron chi connectivity index (χ4n) is 2.21. The van der Waals surface area contributed by atoms with Crippen LogP contribution in [0.25, 0.3) is 0 Å². The molecule has 0 spiro atoms. The quantitative estimate of drug-likeness (QED) is 0.692. The highest BCUT2D eigenvalue weighted by Crippen LogP contribution is 2.26. The summed E-state index contributed by atoms with van der Waals surface area (Å²) >= 11 is 0. The van der Waals surface area contributed by atoms with Gasteiger partial charge in [-0.1, -0.05) is 6.92 Å². The van der Waals surface area contributed by atoms with Crippen molar-refractivity contribution in [1.82, 2.24) is 10.2 Å². The number of hydrogen-bond acceptors (Lipinski definition) is 2. The van der Waals surface area contributed by atoms with Crippen molar-refractivity contribution in [3.05, 3.63) is 0 Å². The molecule has 2 aliphatic carbocycles. The van der Waals surface area contributed by atoms with Crippen molar-refractivity contribution < 1.29 is 0 Å². The number of nitrogens with zero attached hydrogens (tertiary/aromatic N) is 1. The molecule has 0 heterocycles. The van der Waals surface area contributed by atoms with Crippen molar-refractivity contribution in [3.63, 3.8) is 0 Å². The van der Waals surface area contributed by atoms with Crippen LogP contribution >= 0.6 is 0 Å². The van der Waals surface area contributed by atoms with Crippen molar-refractivity contribution >= 4 is 0 Å². The molecule has 0 amide bonds. The van der Waals surface area contributed by atoms with Crippen LogP contribution in [0.2, 0.25) is 0 Å². The molecule has 0 aromatic heterocycles. The topological polar surface area (TPSA) is 15.3 Å². The summed E-state index contributed by atoms with van der Waals surface area (Å²) in [6, 6.07) is 1.75. The number of likely N-dealkylation sites (N-methyl/N-ethyl adjacent to an activating group) is 1. The molecule has 0 aliphatic heterocycles. The van der Waals surface area contributed by atoms with Gasteiger partial charge in [-0.15, -0.1) is 0 Å². The third-order valence-corrected chi connectivity index (χ3v) is 3.44. The summed E-state index contributed by atoms with van der Waals surface area (Å²) in [7, 11) is 2.25. The molecule has 0 aromatic rings. The molecule has 0 aromatic carbocycles. The maximum atomic E-state index is 3.62. The Morgan fingerprint density at radius 2 is 2.00 bits per heavy atom. The number of nitrogens with one attached hydrogen (secondary N) is 1. The third-order valence-electron chi connectivity index (χ3n) is 3.44. The molecule has 76 valence electrons. The van der Waals surface area contributed by atoms with Crippen molar-refractivity contribution in [2.24, 2.45) is 5.92 Å². The molecule has 2 aliphatic rings. The zero-order valence-electron chi connectivity index (χ0n) is 8.92. The van der Waals surface area contributed by atoms with Gasteiger partial charge in [0.2, 0.25) is 0 Å². The molecule has 13 heavy (non-hydrogen) atoms. The maximum absolute atomic E-state index is 3.62. The molecule has 0 radical (unpaired) electrons. The number of rotatable bonds is 5. The van der Waals surface area contributed by atoms with Gasteiger partial charge in [-0.25, -0.2) is 0 Å². The van der Waals surface area contributed by atoms with E-state index in [2.05, 4.69) is 24.2 Å². The van der Waals surface area contributed by atoms with Crippen LogP contribution in [0.4, 0.5) is 0 Å². The van der Waals surface area contributed by atoms with Crippen molar-refractivity contribution in [2.45, 2.75) is 44.7 Å². The molecule has 2 saturated carbocycles. The monoisotopic (exact) mass is 182 g/mol. The highest BCUT2D eigenvalue weighted by atomic mass is 15.2. The minimum absolute atomic E-state index is 0.836. The lowest BCUT2D eigenvalue weighted by Crippen LogP contribution is -2.43. The summed E-state index contributed by atoms with van der Waals surface area (Å²) in [6.45, 7) is 4.76. The SMILES string of the molecule is CC1CC(NCCN(C)C2CC2)C1. The average Bonchev–Trinajstić information content (AvgIpc) is 2.82. The Morgan fingerprint density at radius 1 is 1.31 bits per heavy atom. The van der Waals surface area contributed by atoms with Gasteiger partial charge in [0, 0.05) is 25.2 Å². The summed E-state index contributed by atoms with van der Waals surface area (Å²) in [5.41, 5.74) is 0. The van der Waals surface area contributed by atoms with Gasteiger partial charge in [-0.05, 0) is 38.6 Å². The standard InChI is InChI=1S/C11H22N2/c1-9-7-10(8-9)12-5-6-13(2)11-3-4-11/h9-12H,3-8H2,1-2H3. The van der Waals surface area contributed by atoms with Crippen LogP contribution in [-0.4, -0.2) is 37.1 Å². The molecule has 2 nitrogen and oxygen atoms in total. The van der Waals surface area contributed by atoms with E-state index in [0.717, 1.165) is 18.0 Å². The third kappa shape index (κ3) is 2.68. The van der Waals surface area contributed by atoms with Gasteiger partial charge in [0.1, 0.15) is 0 Å². The van der Waals surface area contributed by atoms with Crippen molar-refractivity contribution in [1.29, 1.82) is 0 Å². The first-order valence-corrected chi connectivity index (χ1v) is 5.69.